The summed E-state index contributed by atoms with van der Waals surface area (Å²) in [5, 5.41) is 3.33. The molecule has 0 fully saturated rings. The lowest BCUT2D eigenvalue weighted by atomic mass is 9.83. The number of aryl methyl sites for hydroxylation is 1. The minimum absolute atomic E-state index is 0.112. The van der Waals surface area contributed by atoms with E-state index in [4.69, 9.17) is 0 Å². The van der Waals surface area contributed by atoms with Gasteiger partial charge in [0.1, 0.15) is 0 Å². The molecule has 1 N–H and O–H groups in total. The summed E-state index contributed by atoms with van der Waals surface area (Å²) in [7, 11) is 0. The number of Topliss-reactive ketones (excluding diaryl/α,β-unsaturated/α-hetero) is 2. The van der Waals surface area contributed by atoms with Gasteiger partial charge in [-0.15, -0.1) is 0 Å². The van der Waals surface area contributed by atoms with Crippen LogP contribution in [0.1, 0.15) is 50.4 Å². The molecule has 0 heterocycles. The molecule has 4 rings (SSSR count). The number of ketones is 2. The van der Waals surface area contributed by atoms with E-state index < -0.39 is 0 Å². The molecule has 1 unspecified atom stereocenters. The van der Waals surface area contributed by atoms with E-state index in [-0.39, 0.29) is 17.6 Å². The van der Waals surface area contributed by atoms with Gasteiger partial charge in [-0.1, -0.05) is 84.4 Å². The average Bonchev–Trinajstić information content (AvgIpc) is 2.73. The Hall–Kier alpha value is -3.46. The molecule has 0 amide bonds. The standard InChI is InChI=1S/C25H21NO2/c1-16-12-14-19(15-13-16)22-23(26-17(2)18-8-4-3-5-9-18)25(28)21-11-7-6-10-20(21)24(22)27/h3-15,17,26H,1-2H3. The molecule has 0 saturated heterocycles. The zero-order valence-electron chi connectivity index (χ0n) is 15.9. The maximum absolute atomic E-state index is 13.3. The van der Waals surface area contributed by atoms with Gasteiger partial charge in [0.2, 0.25) is 5.78 Å². The van der Waals surface area contributed by atoms with Crippen molar-refractivity contribution >= 4 is 17.1 Å². The second-order valence-electron chi connectivity index (χ2n) is 7.10. The SMILES string of the molecule is Cc1ccc(C2=C(NC(C)c3ccccc3)C(=O)c3ccccc3C2=O)cc1. The minimum atomic E-state index is -0.145. The van der Waals surface area contributed by atoms with E-state index in [2.05, 4.69) is 5.32 Å². The third-order valence-electron chi connectivity index (χ3n) is 5.12. The van der Waals surface area contributed by atoms with Crippen LogP contribution in [0.15, 0.2) is 84.6 Å². The van der Waals surface area contributed by atoms with Crippen molar-refractivity contribution in [3.63, 3.8) is 0 Å². The summed E-state index contributed by atoms with van der Waals surface area (Å²) in [5.41, 5.74) is 4.62. The highest BCUT2D eigenvalue weighted by atomic mass is 16.1. The predicted molar refractivity (Wildman–Crippen MR) is 111 cm³/mol. The zero-order chi connectivity index (χ0) is 19.7. The van der Waals surface area contributed by atoms with Crippen molar-refractivity contribution < 1.29 is 9.59 Å². The molecule has 1 aliphatic rings. The van der Waals surface area contributed by atoms with Gasteiger partial charge in [0.05, 0.1) is 11.3 Å². The van der Waals surface area contributed by atoms with E-state index in [0.29, 0.717) is 22.4 Å². The van der Waals surface area contributed by atoms with Crippen molar-refractivity contribution in [1.82, 2.24) is 5.32 Å². The number of rotatable bonds is 4. The minimum Gasteiger partial charge on any atom is -0.375 e. The molecule has 1 atom stereocenters. The molecule has 0 spiro atoms. The van der Waals surface area contributed by atoms with Gasteiger partial charge in [0, 0.05) is 17.2 Å². The Kier molecular flexibility index (Phi) is 4.66. The van der Waals surface area contributed by atoms with E-state index in [9.17, 15) is 9.59 Å². The molecule has 3 aromatic carbocycles. The van der Waals surface area contributed by atoms with Crippen LogP contribution in [0.4, 0.5) is 0 Å². The molecule has 3 heteroatoms. The van der Waals surface area contributed by atoms with Crippen LogP contribution in [0.2, 0.25) is 0 Å². The van der Waals surface area contributed by atoms with Crippen LogP contribution >= 0.6 is 0 Å². The molecular formula is C25H21NO2. The number of hydrogen-bond donors (Lipinski definition) is 1. The summed E-state index contributed by atoms with van der Waals surface area (Å²) in [6, 6.07) is 24.5. The van der Waals surface area contributed by atoms with Gasteiger partial charge in [-0.3, -0.25) is 9.59 Å². The summed E-state index contributed by atoms with van der Waals surface area (Å²) in [6.07, 6.45) is 0. The fourth-order valence-electron chi connectivity index (χ4n) is 3.55. The van der Waals surface area contributed by atoms with Gasteiger partial charge in [-0.05, 0) is 25.0 Å². The number of nitrogens with one attached hydrogen (secondary N) is 1. The average molecular weight is 367 g/mol. The van der Waals surface area contributed by atoms with Crippen LogP contribution in [-0.2, 0) is 0 Å². The Bertz CT molecular complexity index is 1080. The van der Waals surface area contributed by atoms with Crippen LogP contribution in [-0.4, -0.2) is 11.6 Å². The molecule has 0 aliphatic heterocycles. The Morgan fingerprint density at radius 1 is 0.714 bits per heavy atom. The Morgan fingerprint density at radius 2 is 1.29 bits per heavy atom. The molecule has 0 bridgehead atoms. The lowest BCUT2D eigenvalue weighted by Crippen LogP contribution is -2.31. The van der Waals surface area contributed by atoms with Gasteiger partial charge < -0.3 is 5.32 Å². The first kappa shape index (κ1) is 17.9. The number of allylic oxidation sites excluding steroid dienone is 2. The first-order valence-corrected chi connectivity index (χ1v) is 9.37. The van der Waals surface area contributed by atoms with Crippen molar-refractivity contribution in [2.24, 2.45) is 0 Å². The van der Waals surface area contributed by atoms with Crippen LogP contribution in [0, 0.1) is 6.92 Å². The van der Waals surface area contributed by atoms with Gasteiger partial charge in [-0.2, -0.15) is 0 Å². The third-order valence-corrected chi connectivity index (χ3v) is 5.12. The quantitative estimate of drug-likeness (QED) is 0.695. The highest BCUT2D eigenvalue weighted by Gasteiger charge is 2.33. The largest absolute Gasteiger partial charge is 0.375 e. The van der Waals surface area contributed by atoms with Gasteiger partial charge in [0.15, 0.2) is 5.78 Å². The number of hydrogen-bond acceptors (Lipinski definition) is 3. The van der Waals surface area contributed by atoms with Crippen LogP contribution in [0.25, 0.3) is 5.57 Å². The topological polar surface area (TPSA) is 46.2 Å². The third kappa shape index (κ3) is 3.16. The first-order valence-electron chi connectivity index (χ1n) is 9.37. The number of carbonyl (C=O) groups excluding carboxylic acids is 2. The summed E-state index contributed by atoms with van der Waals surface area (Å²) in [6.45, 7) is 3.99. The van der Waals surface area contributed by atoms with Gasteiger partial charge in [0.25, 0.3) is 0 Å². The van der Waals surface area contributed by atoms with E-state index in [0.717, 1.165) is 16.7 Å². The normalized spacial score (nSPS) is 14.6. The fourth-order valence-corrected chi connectivity index (χ4v) is 3.55. The number of carbonyl (C=O) groups is 2. The summed E-state index contributed by atoms with van der Waals surface area (Å²) < 4.78 is 0. The Balaban J connectivity index is 1.85. The van der Waals surface area contributed by atoms with Crippen molar-refractivity contribution in [1.29, 1.82) is 0 Å². The van der Waals surface area contributed by atoms with Crippen molar-refractivity contribution in [3.8, 4) is 0 Å². The van der Waals surface area contributed by atoms with Gasteiger partial charge >= 0.3 is 0 Å². The van der Waals surface area contributed by atoms with E-state index in [1.807, 2.05) is 68.4 Å². The summed E-state index contributed by atoms with van der Waals surface area (Å²) in [4.78, 5) is 26.6. The van der Waals surface area contributed by atoms with Crippen LogP contribution < -0.4 is 5.32 Å². The van der Waals surface area contributed by atoms with Crippen molar-refractivity contribution in [2.75, 3.05) is 0 Å². The molecule has 0 saturated carbocycles. The Labute approximate surface area is 164 Å². The highest BCUT2D eigenvalue weighted by Crippen LogP contribution is 2.32. The lowest BCUT2D eigenvalue weighted by molar-refractivity contribution is 0.0984. The van der Waals surface area contributed by atoms with Crippen molar-refractivity contribution in [2.45, 2.75) is 19.9 Å². The molecule has 1 aliphatic carbocycles. The zero-order valence-corrected chi connectivity index (χ0v) is 15.9. The molecule has 3 aromatic rings. The van der Waals surface area contributed by atoms with Gasteiger partial charge in [-0.25, -0.2) is 0 Å². The van der Waals surface area contributed by atoms with Crippen LogP contribution in [0.3, 0.4) is 0 Å². The van der Waals surface area contributed by atoms with E-state index in [1.54, 1.807) is 24.3 Å². The monoisotopic (exact) mass is 367 g/mol. The predicted octanol–water partition coefficient (Wildman–Crippen LogP) is 5.14. The number of fused-ring (bicyclic) bond motifs is 1. The molecule has 0 aromatic heterocycles. The van der Waals surface area contributed by atoms with E-state index >= 15 is 0 Å². The molecular weight excluding hydrogens is 346 g/mol. The molecule has 138 valence electrons. The van der Waals surface area contributed by atoms with Crippen molar-refractivity contribution in [3.05, 3.63) is 112 Å². The number of benzene rings is 3. The van der Waals surface area contributed by atoms with Crippen LogP contribution in [0.5, 0.6) is 0 Å². The van der Waals surface area contributed by atoms with E-state index in [1.165, 1.54) is 0 Å². The summed E-state index contributed by atoms with van der Waals surface area (Å²) >= 11 is 0. The second kappa shape index (κ2) is 7.28. The maximum Gasteiger partial charge on any atom is 0.210 e. The molecule has 0 radical (unpaired) electrons. The second-order valence-corrected chi connectivity index (χ2v) is 7.10. The molecule has 3 nitrogen and oxygen atoms in total. The molecule has 28 heavy (non-hydrogen) atoms. The summed E-state index contributed by atoms with van der Waals surface area (Å²) in [5.74, 6) is -0.268. The first-order chi connectivity index (χ1) is 13.6. The highest BCUT2D eigenvalue weighted by molar-refractivity contribution is 6.40. The maximum atomic E-state index is 13.3. The Morgan fingerprint density at radius 3 is 1.93 bits per heavy atom. The fraction of sp³-hybridized carbons (Fsp3) is 0.120. The smallest absolute Gasteiger partial charge is 0.210 e. The lowest BCUT2D eigenvalue weighted by Gasteiger charge is -2.25.